The van der Waals surface area contributed by atoms with E-state index in [9.17, 15) is 14.7 Å². The Bertz CT molecular complexity index is 297. The van der Waals surface area contributed by atoms with Crippen LogP contribution in [0.25, 0.3) is 0 Å². The van der Waals surface area contributed by atoms with Crippen LogP contribution in [0.3, 0.4) is 0 Å². The second kappa shape index (κ2) is 2.98. The molecule has 0 atom stereocenters. The van der Waals surface area contributed by atoms with Crippen LogP contribution in [-0.4, -0.2) is 16.7 Å². The van der Waals surface area contributed by atoms with Crippen LogP contribution in [0, 0.1) is 5.41 Å². The van der Waals surface area contributed by atoms with Gasteiger partial charge in [-0.1, -0.05) is 13.8 Å². The Morgan fingerprint density at radius 1 is 1.38 bits per heavy atom. The Labute approximate surface area is 77.4 Å². The molecule has 0 bridgehead atoms. The van der Waals surface area contributed by atoms with Crippen molar-refractivity contribution in [3.05, 3.63) is 11.3 Å². The number of aliphatic hydroxyl groups excluding tert-OH is 1. The van der Waals surface area contributed by atoms with Crippen molar-refractivity contribution in [3.63, 3.8) is 0 Å². The zero-order valence-electron chi connectivity index (χ0n) is 8.18. The van der Waals surface area contributed by atoms with E-state index >= 15 is 0 Å². The fourth-order valence-corrected chi connectivity index (χ4v) is 1.69. The van der Waals surface area contributed by atoms with Gasteiger partial charge in [-0.15, -0.1) is 0 Å². The Balaban J connectivity index is 3.09. The predicted octanol–water partition coefficient (Wildman–Crippen LogP) is 1.78. The lowest BCUT2D eigenvalue weighted by molar-refractivity contribution is -0.122. The van der Waals surface area contributed by atoms with E-state index in [1.54, 1.807) is 0 Å². The number of rotatable bonds is 1. The molecule has 0 amide bonds. The molecule has 0 aromatic heterocycles. The van der Waals surface area contributed by atoms with Crippen LogP contribution in [0.1, 0.15) is 33.6 Å². The van der Waals surface area contributed by atoms with Crippen LogP contribution in [-0.2, 0) is 9.59 Å². The van der Waals surface area contributed by atoms with Crippen LogP contribution in [0.5, 0.6) is 0 Å². The number of hydrogen-bond donors (Lipinski definition) is 1. The fourth-order valence-electron chi connectivity index (χ4n) is 1.69. The lowest BCUT2D eigenvalue weighted by Gasteiger charge is -2.28. The third-order valence-corrected chi connectivity index (χ3v) is 2.20. The molecule has 0 fully saturated rings. The summed E-state index contributed by atoms with van der Waals surface area (Å²) >= 11 is 0. The summed E-state index contributed by atoms with van der Waals surface area (Å²) in [5.41, 5.74) is -0.223. The van der Waals surface area contributed by atoms with Gasteiger partial charge in [-0.2, -0.15) is 0 Å². The highest BCUT2D eigenvalue weighted by Crippen LogP contribution is 2.35. The number of carbonyl (C=O) groups is 2. The molecule has 3 nitrogen and oxygen atoms in total. The summed E-state index contributed by atoms with van der Waals surface area (Å²) in [7, 11) is 0. The molecule has 1 aliphatic rings. The summed E-state index contributed by atoms with van der Waals surface area (Å²) in [5, 5.41) is 9.48. The van der Waals surface area contributed by atoms with Crippen molar-refractivity contribution in [3.8, 4) is 0 Å². The van der Waals surface area contributed by atoms with E-state index < -0.39 is 0 Å². The summed E-state index contributed by atoms with van der Waals surface area (Å²) < 4.78 is 0. The van der Waals surface area contributed by atoms with Crippen LogP contribution in [0.15, 0.2) is 11.3 Å². The normalized spacial score (nSPS) is 21.9. The molecule has 0 spiro atoms. The number of aliphatic hydroxyl groups is 1. The van der Waals surface area contributed by atoms with Gasteiger partial charge in [-0.3, -0.25) is 9.59 Å². The first-order chi connectivity index (χ1) is 5.83. The first-order valence-corrected chi connectivity index (χ1v) is 4.30. The van der Waals surface area contributed by atoms with E-state index in [1.807, 2.05) is 13.8 Å². The average Bonchev–Trinajstić information content (AvgIpc) is 1.78. The monoisotopic (exact) mass is 182 g/mol. The molecule has 0 saturated carbocycles. The molecule has 0 aromatic carbocycles. The fraction of sp³-hybridized carbons (Fsp3) is 0.600. The molecular formula is C10H14O3. The minimum Gasteiger partial charge on any atom is -0.511 e. The molecule has 0 aliphatic heterocycles. The van der Waals surface area contributed by atoms with E-state index in [2.05, 4.69) is 0 Å². The standard InChI is InChI=1S/C10H14O3/c1-6(11)9-7(12)4-10(2,3)5-8(9)13/h12H,4-5H2,1-3H3. The van der Waals surface area contributed by atoms with Crippen molar-refractivity contribution in [2.45, 2.75) is 33.6 Å². The van der Waals surface area contributed by atoms with Gasteiger partial charge in [0.2, 0.25) is 0 Å². The molecule has 72 valence electrons. The highest BCUT2D eigenvalue weighted by atomic mass is 16.3. The summed E-state index contributed by atoms with van der Waals surface area (Å²) in [4.78, 5) is 22.4. The molecule has 0 unspecified atom stereocenters. The maximum absolute atomic E-state index is 11.4. The molecule has 0 radical (unpaired) electrons. The van der Waals surface area contributed by atoms with Crippen LogP contribution >= 0.6 is 0 Å². The van der Waals surface area contributed by atoms with Gasteiger partial charge < -0.3 is 5.11 Å². The van der Waals surface area contributed by atoms with Gasteiger partial charge in [0.05, 0.1) is 5.57 Å². The van der Waals surface area contributed by atoms with Gasteiger partial charge in [0.15, 0.2) is 11.6 Å². The van der Waals surface area contributed by atoms with Crippen molar-refractivity contribution in [1.29, 1.82) is 0 Å². The van der Waals surface area contributed by atoms with Crippen molar-refractivity contribution in [1.82, 2.24) is 0 Å². The van der Waals surface area contributed by atoms with Crippen molar-refractivity contribution in [2.75, 3.05) is 0 Å². The summed E-state index contributed by atoms with van der Waals surface area (Å²) in [6.07, 6.45) is 0.750. The predicted molar refractivity (Wildman–Crippen MR) is 48.4 cm³/mol. The third-order valence-electron chi connectivity index (χ3n) is 2.20. The molecule has 1 N–H and O–H groups in total. The number of ketones is 2. The molecule has 1 rings (SSSR count). The van der Waals surface area contributed by atoms with E-state index in [4.69, 9.17) is 0 Å². The Morgan fingerprint density at radius 3 is 2.31 bits per heavy atom. The van der Waals surface area contributed by atoms with Gasteiger partial charge in [0, 0.05) is 12.8 Å². The van der Waals surface area contributed by atoms with E-state index in [1.165, 1.54) is 6.92 Å². The molecule has 0 heterocycles. The Hall–Kier alpha value is -1.12. The molecule has 1 aliphatic carbocycles. The minimum absolute atomic E-state index is 0.000625. The zero-order valence-corrected chi connectivity index (χ0v) is 8.18. The second-order valence-electron chi connectivity index (χ2n) is 4.32. The van der Waals surface area contributed by atoms with Crippen LogP contribution in [0.4, 0.5) is 0 Å². The number of carbonyl (C=O) groups excluding carboxylic acids is 2. The van der Waals surface area contributed by atoms with E-state index in [0.717, 1.165) is 0 Å². The quantitative estimate of drug-likeness (QED) is 0.629. The van der Waals surface area contributed by atoms with Gasteiger partial charge in [0.1, 0.15) is 5.76 Å². The van der Waals surface area contributed by atoms with Crippen molar-refractivity contribution in [2.24, 2.45) is 5.41 Å². The summed E-state index contributed by atoms with van der Waals surface area (Å²) in [5.74, 6) is -0.618. The highest BCUT2D eigenvalue weighted by molar-refractivity contribution is 6.20. The summed E-state index contributed by atoms with van der Waals surface area (Å²) in [6.45, 7) is 5.11. The largest absolute Gasteiger partial charge is 0.511 e. The Kier molecular flexibility index (Phi) is 2.28. The van der Waals surface area contributed by atoms with Gasteiger partial charge >= 0.3 is 0 Å². The third kappa shape index (κ3) is 1.97. The van der Waals surface area contributed by atoms with E-state index in [0.29, 0.717) is 12.8 Å². The van der Waals surface area contributed by atoms with Gasteiger partial charge in [0.25, 0.3) is 0 Å². The number of hydrogen-bond acceptors (Lipinski definition) is 3. The van der Waals surface area contributed by atoms with Crippen LogP contribution < -0.4 is 0 Å². The maximum Gasteiger partial charge on any atom is 0.170 e. The van der Waals surface area contributed by atoms with Gasteiger partial charge in [-0.25, -0.2) is 0 Å². The number of Topliss-reactive ketones (excluding diaryl/α,β-unsaturated/α-hetero) is 2. The topological polar surface area (TPSA) is 54.4 Å². The average molecular weight is 182 g/mol. The first-order valence-electron chi connectivity index (χ1n) is 4.30. The highest BCUT2D eigenvalue weighted by Gasteiger charge is 2.34. The zero-order chi connectivity index (χ0) is 10.2. The van der Waals surface area contributed by atoms with Crippen molar-refractivity contribution >= 4 is 11.6 Å². The Morgan fingerprint density at radius 2 is 1.92 bits per heavy atom. The maximum atomic E-state index is 11.4. The minimum atomic E-state index is -0.335. The smallest absolute Gasteiger partial charge is 0.170 e. The second-order valence-corrected chi connectivity index (χ2v) is 4.32. The molecule has 0 aromatic rings. The molecular weight excluding hydrogens is 168 g/mol. The first kappa shape index (κ1) is 9.96. The SMILES string of the molecule is CC(=O)C1=C(O)CC(C)(C)CC1=O. The lowest BCUT2D eigenvalue weighted by atomic mass is 9.76. The molecule has 0 saturated heterocycles. The van der Waals surface area contributed by atoms with Crippen LogP contribution in [0.2, 0.25) is 0 Å². The number of allylic oxidation sites excluding steroid dienone is 2. The van der Waals surface area contributed by atoms with E-state index in [-0.39, 0.29) is 28.3 Å². The lowest BCUT2D eigenvalue weighted by Crippen LogP contribution is -2.28. The molecule has 13 heavy (non-hydrogen) atoms. The van der Waals surface area contributed by atoms with Crippen molar-refractivity contribution < 1.29 is 14.7 Å². The summed E-state index contributed by atoms with van der Waals surface area (Å²) in [6, 6.07) is 0. The van der Waals surface area contributed by atoms with Gasteiger partial charge in [-0.05, 0) is 12.3 Å². The molecule has 3 heteroatoms.